The monoisotopic (exact) mass is 427 g/mol. The highest BCUT2D eigenvalue weighted by Gasteiger charge is 2.24. The maximum atomic E-state index is 13.1. The molecule has 156 valence electrons. The van der Waals surface area contributed by atoms with Crippen LogP contribution in [0.5, 0.6) is 5.75 Å². The molecule has 3 aromatic rings. The van der Waals surface area contributed by atoms with Crippen LogP contribution in [0.15, 0.2) is 47.8 Å². The van der Waals surface area contributed by atoms with Crippen LogP contribution < -0.4 is 10.1 Å². The molecule has 0 fully saturated rings. The van der Waals surface area contributed by atoms with Crippen LogP contribution in [0.2, 0.25) is 0 Å². The number of hydrogen-bond acceptors (Lipinski definition) is 5. The quantitative estimate of drug-likeness (QED) is 0.525. The number of amides is 1. The van der Waals surface area contributed by atoms with Crippen molar-refractivity contribution in [3.8, 4) is 16.9 Å². The first kappa shape index (κ1) is 21.5. The van der Waals surface area contributed by atoms with E-state index in [-0.39, 0.29) is 24.8 Å². The van der Waals surface area contributed by atoms with Crippen molar-refractivity contribution in [2.24, 2.45) is 0 Å². The van der Waals surface area contributed by atoms with Gasteiger partial charge < -0.3 is 14.8 Å². The van der Waals surface area contributed by atoms with Crippen LogP contribution in [0, 0.1) is 12.7 Å². The number of anilines is 1. The minimum atomic E-state index is -0.519. The van der Waals surface area contributed by atoms with E-state index in [0.717, 1.165) is 11.1 Å². The van der Waals surface area contributed by atoms with Crippen molar-refractivity contribution >= 4 is 28.2 Å². The molecular weight excluding hydrogens is 405 g/mol. The number of thiophene rings is 1. The molecule has 5 nitrogen and oxygen atoms in total. The van der Waals surface area contributed by atoms with E-state index >= 15 is 0 Å². The molecule has 0 atom stereocenters. The molecule has 0 aliphatic rings. The second-order valence-corrected chi connectivity index (χ2v) is 7.51. The standard InChI is InChI=1S/C23H22FNO4S/c1-4-29-23(27)21-18(17-11-14(2)5-10-19(17)28-3)13-30-22(21)25-20(26)12-15-6-8-16(24)9-7-15/h5-11,13H,4,12H2,1-3H3,(H,25,26). The molecule has 0 aliphatic heterocycles. The Bertz CT molecular complexity index is 1060. The van der Waals surface area contributed by atoms with Gasteiger partial charge in [-0.15, -0.1) is 11.3 Å². The first-order valence-corrected chi connectivity index (χ1v) is 10.3. The zero-order valence-corrected chi connectivity index (χ0v) is 17.8. The van der Waals surface area contributed by atoms with Crippen molar-refractivity contribution in [3.05, 3.63) is 70.4 Å². The van der Waals surface area contributed by atoms with E-state index in [1.165, 1.54) is 23.5 Å². The van der Waals surface area contributed by atoms with E-state index in [9.17, 15) is 14.0 Å². The van der Waals surface area contributed by atoms with Crippen LogP contribution in [0.3, 0.4) is 0 Å². The lowest BCUT2D eigenvalue weighted by Crippen LogP contribution is -2.16. The summed E-state index contributed by atoms with van der Waals surface area (Å²) in [4.78, 5) is 25.3. The Labute approximate surface area is 178 Å². The number of carbonyl (C=O) groups excluding carboxylic acids is 2. The Morgan fingerprint density at radius 1 is 1.10 bits per heavy atom. The third kappa shape index (κ3) is 4.86. The molecular formula is C23H22FNO4S. The van der Waals surface area contributed by atoms with E-state index in [4.69, 9.17) is 9.47 Å². The topological polar surface area (TPSA) is 64.6 Å². The second-order valence-electron chi connectivity index (χ2n) is 6.63. The molecule has 0 saturated heterocycles. The number of ether oxygens (including phenoxy) is 2. The van der Waals surface area contributed by atoms with Crippen molar-refractivity contribution in [2.75, 3.05) is 19.0 Å². The summed E-state index contributed by atoms with van der Waals surface area (Å²) in [5, 5.41) is 5.00. The van der Waals surface area contributed by atoms with E-state index < -0.39 is 5.97 Å². The molecule has 1 N–H and O–H groups in total. The van der Waals surface area contributed by atoms with Gasteiger partial charge in [-0.1, -0.05) is 23.8 Å². The lowest BCUT2D eigenvalue weighted by atomic mass is 10.0. The fourth-order valence-electron chi connectivity index (χ4n) is 3.04. The Morgan fingerprint density at radius 2 is 1.83 bits per heavy atom. The van der Waals surface area contributed by atoms with Crippen LogP contribution in [0.25, 0.3) is 11.1 Å². The van der Waals surface area contributed by atoms with Crippen LogP contribution >= 0.6 is 11.3 Å². The van der Waals surface area contributed by atoms with Crippen LogP contribution in [-0.4, -0.2) is 25.6 Å². The highest BCUT2D eigenvalue weighted by molar-refractivity contribution is 7.15. The summed E-state index contributed by atoms with van der Waals surface area (Å²) in [5.41, 5.74) is 3.35. The zero-order valence-electron chi connectivity index (χ0n) is 17.0. The minimum absolute atomic E-state index is 0.0591. The average Bonchev–Trinajstić information content (AvgIpc) is 3.13. The molecule has 1 heterocycles. The second kappa shape index (κ2) is 9.54. The van der Waals surface area contributed by atoms with Crippen LogP contribution in [0.4, 0.5) is 9.39 Å². The van der Waals surface area contributed by atoms with Crippen LogP contribution in [-0.2, 0) is 16.0 Å². The average molecular weight is 427 g/mol. The first-order chi connectivity index (χ1) is 14.4. The SMILES string of the molecule is CCOC(=O)c1c(-c2cc(C)ccc2OC)csc1NC(=O)Cc1ccc(F)cc1. The maximum absolute atomic E-state index is 13.1. The van der Waals surface area contributed by atoms with E-state index in [0.29, 0.717) is 27.4 Å². The zero-order chi connectivity index (χ0) is 21.7. The van der Waals surface area contributed by atoms with Crippen molar-refractivity contribution < 1.29 is 23.5 Å². The Balaban J connectivity index is 1.95. The largest absolute Gasteiger partial charge is 0.496 e. The van der Waals surface area contributed by atoms with Gasteiger partial charge in [0.25, 0.3) is 0 Å². The van der Waals surface area contributed by atoms with Gasteiger partial charge >= 0.3 is 5.97 Å². The lowest BCUT2D eigenvalue weighted by molar-refractivity contribution is -0.115. The normalized spacial score (nSPS) is 10.5. The maximum Gasteiger partial charge on any atom is 0.341 e. The number of nitrogens with one attached hydrogen (secondary N) is 1. The summed E-state index contributed by atoms with van der Waals surface area (Å²) < 4.78 is 23.8. The highest BCUT2D eigenvalue weighted by Crippen LogP contribution is 2.40. The van der Waals surface area contributed by atoms with Gasteiger partial charge in [0, 0.05) is 16.5 Å². The summed E-state index contributed by atoms with van der Waals surface area (Å²) in [5.74, 6) is -0.571. The third-order valence-electron chi connectivity index (χ3n) is 4.45. The van der Waals surface area contributed by atoms with Gasteiger partial charge in [0.05, 0.1) is 20.1 Å². The van der Waals surface area contributed by atoms with Gasteiger partial charge in [-0.25, -0.2) is 9.18 Å². The van der Waals surface area contributed by atoms with Crippen molar-refractivity contribution in [1.29, 1.82) is 0 Å². The predicted molar refractivity (Wildman–Crippen MR) is 116 cm³/mol. The summed E-state index contributed by atoms with van der Waals surface area (Å²) in [7, 11) is 1.57. The molecule has 0 radical (unpaired) electrons. The number of rotatable bonds is 7. The molecule has 1 amide bonds. The summed E-state index contributed by atoms with van der Waals surface area (Å²) in [6, 6.07) is 11.4. The minimum Gasteiger partial charge on any atom is -0.496 e. The molecule has 3 rings (SSSR count). The lowest BCUT2D eigenvalue weighted by Gasteiger charge is -2.12. The summed E-state index contributed by atoms with van der Waals surface area (Å²) >= 11 is 1.24. The number of hydrogen-bond donors (Lipinski definition) is 1. The van der Waals surface area contributed by atoms with E-state index in [1.54, 1.807) is 31.5 Å². The molecule has 0 spiro atoms. The fraction of sp³-hybridized carbons (Fsp3) is 0.217. The Morgan fingerprint density at radius 3 is 2.50 bits per heavy atom. The smallest absolute Gasteiger partial charge is 0.341 e. The van der Waals surface area contributed by atoms with Gasteiger partial charge in [0.15, 0.2) is 0 Å². The highest BCUT2D eigenvalue weighted by atomic mass is 32.1. The number of benzene rings is 2. The van der Waals surface area contributed by atoms with Gasteiger partial charge in [0.2, 0.25) is 5.91 Å². The van der Waals surface area contributed by atoms with Crippen molar-refractivity contribution in [2.45, 2.75) is 20.3 Å². The number of carbonyl (C=O) groups is 2. The molecule has 0 bridgehead atoms. The molecule has 0 saturated carbocycles. The van der Waals surface area contributed by atoms with Crippen molar-refractivity contribution in [1.82, 2.24) is 0 Å². The molecule has 7 heteroatoms. The molecule has 0 unspecified atom stereocenters. The first-order valence-electron chi connectivity index (χ1n) is 9.40. The van der Waals surface area contributed by atoms with Gasteiger partial charge in [-0.2, -0.15) is 0 Å². The van der Waals surface area contributed by atoms with Gasteiger partial charge in [-0.3, -0.25) is 4.79 Å². The van der Waals surface area contributed by atoms with Crippen molar-refractivity contribution in [3.63, 3.8) is 0 Å². The Kier molecular flexibility index (Phi) is 6.84. The molecule has 0 aliphatic carbocycles. The number of halogens is 1. The van der Waals surface area contributed by atoms with E-state index in [1.807, 2.05) is 25.1 Å². The third-order valence-corrected chi connectivity index (χ3v) is 5.34. The summed E-state index contributed by atoms with van der Waals surface area (Å²) in [6.07, 6.45) is 0.0591. The number of aryl methyl sites for hydroxylation is 1. The number of methoxy groups -OCH3 is 1. The van der Waals surface area contributed by atoms with E-state index in [2.05, 4.69) is 5.32 Å². The van der Waals surface area contributed by atoms with Gasteiger partial charge in [-0.05, 0) is 43.7 Å². The molecule has 1 aromatic heterocycles. The number of esters is 1. The Hall–Kier alpha value is -3.19. The molecule has 30 heavy (non-hydrogen) atoms. The predicted octanol–water partition coefficient (Wildman–Crippen LogP) is 5.23. The fourth-order valence-corrected chi connectivity index (χ4v) is 4.01. The molecule has 2 aromatic carbocycles. The van der Waals surface area contributed by atoms with Crippen LogP contribution in [0.1, 0.15) is 28.4 Å². The summed E-state index contributed by atoms with van der Waals surface area (Å²) in [6.45, 7) is 3.89. The van der Waals surface area contributed by atoms with Gasteiger partial charge in [0.1, 0.15) is 22.1 Å².